The van der Waals surface area contributed by atoms with E-state index in [1.54, 1.807) is 14.0 Å². The number of ether oxygens (including phenoxy) is 1. The van der Waals surface area contributed by atoms with Gasteiger partial charge in [-0.25, -0.2) is 0 Å². The minimum Gasteiger partial charge on any atom is -0.497 e. The minimum atomic E-state index is -0.667. The summed E-state index contributed by atoms with van der Waals surface area (Å²) in [6, 6.07) is 7.76. The number of methoxy groups -OCH3 is 1. The summed E-state index contributed by atoms with van der Waals surface area (Å²) in [5.74, 6) is 0.813. The van der Waals surface area contributed by atoms with Gasteiger partial charge < -0.3 is 20.3 Å². The highest BCUT2D eigenvalue weighted by Crippen LogP contribution is 2.19. The van der Waals surface area contributed by atoms with Crippen molar-refractivity contribution in [3.63, 3.8) is 0 Å². The van der Waals surface area contributed by atoms with E-state index >= 15 is 0 Å². The zero-order chi connectivity index (χ0) is 12.9. The average Bonchev–Trinajstić information content (AvgIpc) is 2.38. The predicted molar refractivity (Wildman–Crippen MR) is 67.1 cm³/mol. The van der Waals surface area contributed by atoms with E-state index in [0.717, 1.165) is 11.3 Å². The monoisotopic (exact) mass is 239 g/mol. The van der Waals surface area contributed by atoms with Gasteiger partial charge in [0.05, 0.1) is 25.9 Å². The third-order valence-electron chi connectivity index (χ3n) is 2.88. The molecule has 0 heterocycles. The lowest BCUT2D eigenvalue weighted by molar-refractivity contribution is 0.0957. The van der Waals surface area contributed by atoms with Gasteiger partial charge in [0.1, 0.15) is 5.75 Å². The summed E-state index contributed by atoms with van der Waals surface area (Å²) < 4.78 is 5.09. The van der Waals surface area contributed by atoms with E-state index in [2.05, 4.69) is 5.32 Å². The molecule has 0 aliphatic rings. The van der Waals surface area contributed by atoms with Crippen LogP contribution in [-0.4, -0.2) is 36.1 Å². The van der Waals surface area contributed by atoms with Crippen molar-refractivity contribution in [2.75, 3.05) is 20.3 Å². The van der Waals surface area contributed by atoms with Crippen LogP contribution in [0.25, 0.3) is 0 Å². The molecule has 17 heavy (non-hydrogen) atoms. The molecule has 0 spiro atoms. The quantitative estimate of drug-likeness (QED) is 0.695. The van der Waals surface area contributed by atoms with Gasteiger partial charge in [-0.05, 0) is 31.5 Å². The molecule has 0 aromatic heterocycles. The highest BCUT2D eigenvalue weighted by molar-refractivity contribution is 5.29. The largest absolute Gasteiger partial charge is 0.497 e. The Kier molecular flexibility index (Phi) is 4.93. The van der Waals surface area contributed by atoms with Crippen molar-refractivity contribution in [3.05, 3.63) is 29.8 Å². The third-order valence-corrected chi connectivity index (χ3v) is 2.88. The Morgan fingerprint density at radius 2 is 1.76 bits per heavy atom. The van der Waals surface area contributed by atoms with Crippen LogP contribution in [0, 0.1) is 0 Å². The second-order valence-electron chi connectivity index (χ2n) is 4.52. The Bertz CT molecular complexity index is 333. The number of rotatable bonds is 6. The summed E-state index contributed by atoms with van der Waals surface area (Å²) in [7, 11) is 1.63. The predicted octanol–water partition coefficient (Wildman–Crippen LogP) is 1.09. The normalized spacial score (nSPS) is 13.5. The summed E-state index contributed by atoms with van der Waals surface area (Å²) in [5, 5.41) is 21.6. The number of hydrogen-bond acceptors (Lipinski definition) is 4. The van der Waals surface area contributed by atoms with Crippen LogP contribution in [0.3, 0.4) is 0 Å². The summed E-state index contributed by atoms with van der Waals surface area (Å²) in [4.78, 5) is 0. The van der Waals surface area contributed by atoms with E-state index in [0.29, 0.717) is 0 Å². The fraction of sp³-hybridized carbons (Fsp3) is 0.538. The van der Waals surface area contributed by atoms with Crippen LogP contribution in [0.15, 0.2) is 24.3 Å². The summed E-state index contributed by atoms with van der Waals surface area (Å²) >= 11 is 0. The molecule has 4 nitrogen and oxygen atoms in total. The van der Waals surface area contributed by atoms with Crippen LogP contribution in [0.2, 0.25) is 0 Å². The first-order valence-corrected chi connectivity index (χ1v) is 5.68. The SMILES string of the molecule is COc1ccc(C(C)NC(C)(CO)CO)cc1. The molecule has 0 bridgehead atoms. The molecule has 1 aromatic carbocycles. The third kappa shape index (κ3) is 3.70. The smallest absolute Gasteiger partial charge is 0.118 e. The second-order valence-corrected chi connectivity index (χ2v) is 4.52. The first-order chi connectivity index (χ1) is 8.04. The zero-order valence-electron chi connectivity index (χ0n) is 10.6. The highest BCUT2D eigenvalue weighted by atomic mass is 16.5. The number of aliphatic hydroxyl groups excluding tert-OH is 2. The lowest BCUT2D eigenvalue weighted by Crippen LogP contribution is -2.49. The number of benzene rings is 1. The zero-order valence-corrected chi connectivity index (χ0v) is 10.6. The van der Waals surface area contributed by atoms with Crippen LogP contribution >= 0.6 is 0 Å². The molecule has 0 fully saturated rings. The van der Waals surface area contributed by atoms with Gasteiger partial charge in [0.25, 0.3) is 0 Å². The summed E-state index contributed by atoms with van der Waals surface area (Å²) in [6.45, 7) is 3.56. The van der Waals surface area contributed by atoms with Crippen molar-refractivity contribution in [2.24, 2.45) is 0 Å². The van der Waals surface area contributed by atoms with Crippen molar-refractivity contribution in [3.8, 4) is 5.75 Å². The molecule has 0 amide bonds. The Morgan fingerprint density at radius 3 is 2.18 bits per heavy atom. The molecular weight excluding hydrogens is 218 g/mol. The Morgan fingerprint density at radius 1 is 1.24 bits per heavy atom. The van der Waals surface area contributed by atoms with E-state index in [1.165, 1.54) is 0 Å². The summed E-state index contributed by atoms with van der Waals surface area (Å²) in [6.07, 6.45) is 0. The average molecular weight is 239 g/mol. The van der Waals surface area contributed by atoms with Gasteiger partial charge in [0, 0.05) is 6.04 Å². The van der Waals surface area contributed by atoms with Gasteiger partial charge in [-0.3, -0.25) is 0 Å². The van der Waals surface area contributed by atoms with E-state index in [4.69, 9.17) is 4.74 Å². The molecular formula is C13H21NO3. The molecule has 1 atom stereocenters. The van der Waals surface area contributed by atoms with Crippen LogP contribution in [0.5, 0.6) is 5.75 Å². The van der Waals surface area contributed by atoms with Crippen molar-refractivity contribution in [2.45, 2.75) is 25.4 Å². The van der Waals surface area contributed by atoms with Gasteiger partial charge in [-0.15, -0.1) is 0 Å². The van der Waals surface area contributed by atoms with E-state index < -0.39 is 5.54 Å². The van der Waals surface area contributed by atoms with Crippen molar-refractivity contribution >= 4 is 0 Å². The Balaban J connectivity index is 2.71. The second kappa shape index (κ2) is 6.00. The molecule has 0 aliphatic heterocycles. The first-order valence-electron chi connectivity index (χ1n) is 5.68. The van der Waals surface area contributed by atoms with E-state index in [-0.39, 0.29) is 19.3 Å². The number of aliphatic hydroxyl groups is 2. The van der Waals surface area contributed by atoms with E-state index in [9.17, 15) is 10.2 Å². The maximum Gasteiger partial charge on any atom is 0.118 e. The molecule has 1 unspecified atom stereocenters. The summed E-state index contributed by atoms with van der Waals surface area (Å²) in [5.41, 5.74) is 0.415. The molecule has 1 aromatic rings. The van der Waals surface area contributed by atoms with Crippen LogP contribution < -0.4 is 10.1 Å². The molecule has 0 radical (unpaired) electrons. The molecule has 96 valence electrons. The van der Waals surface area contributed by atoms with Crippen LogP contribution in [0.4, 0.5) is 0 Å². The minimum absolute atomic E-state index is 0.0465. The molecule has 4 heteroatoms. The molecule has 0 aliphatic carbocycles. The Hall–Kier alpha value is -1.10. The number of hydrogen-bond donors (Lipinski definition) is 3. The molecule has 1 rings (SSSR count). The fourth-order valence-electron chi connectivity index (χ4n) is 1.64. The standard InChI is InChI=1S/C13H21NO3/c1-10(14-13(2,8-15)9-16)11-4-6-12(17-3)7-5-11/h4-7,10,14-16H,8-9H2,1-3H3. The fourth-order valence-corrected chi connectivity index (χ4v) is 1.64. The topological polar surface area (TPSA) is 61.7 Å². The van der Waals surface area contributed by atoms with Gasteiger partial charge in [-0.1, -0.05) is 12.1 Å². The Labute approximate surface area is 102 Å². The highest BCUT2D eigenvalue weighted by Gasteiger charge is 2.24. The molecule has 0 saturated carbocycles. The molecule has 0 saturated heterocycles. The van der Waals surface area contributed by atoms with Gasteiger partial charge in [0.2, 0.25) is 0 Å². The van der Waals surface area contributed by atoms with Gasteiger partial charge in [0.15, 0.2) is 0 Å². The maximum atomic E-state index is 9.22. The van der Waals surface area contributed by atoms with Crippen molar-refractivity contribution < 1.29 is 14.9 Å². The maximum absolute atomic E-state index is 9.22. The van der Waals surface area contributed by atoms with Crippen LogP contribution in [0.1, 0.15) is 25.5 Å². The van der Waals surface area contributed by atoms with Crippen LogP contribution in [-0.2, 0) is 0 Å². The molecule has 3 N–H and O–H groups in total. The van der Waals surface area contributed by atoms with Gasteiger partial charge >= 0.3 is 0 Å². The lowest BCUT2D eigenvalue weighted by atomic mass is 10.0. The lowest BCUT2D eigenvalue weighted by Gasteiger charge is -2.30. The van der Waals surface area contributed by atoms with Crippen molar-refractivity contribution in [1.29, 1.82) is 0 Å². The van der Waals surface area contributed by atoms with E-state index in [1.807, 2.05) is 31.2 Å². The number of nitrogens with one attached hydrogen (secondary N) is 1. The first kappa shape index (κ1) is 14.0. The van der Waals surface area contributed by atoms with Gasteiger partial charge in [-0.2, -0.15) is 0 Å². The van der Waals surface area contributed by atoms with Crippen molar-refractivity contribution in [1.82, 2.24) is 5.32 Å².